The van der Waals surface area contributed by atoms with E-state index in [9.17, 15) is 5.11 Å². The van der Waals surface area contributed by atoms with Crippen molar-refractivity contribution in [3.05, 3.63) is 0 Å². The molecule has 0 aromatic carbocycles. The number of rotatable bonds is 9. The van der Waals surface area contributed by atoms with Crippen molar-refractivity contribution >= 4 is 0 Å². The summed E-state index contributed by atoms with van der Waals surface area (Å²) in [4.78, 5) is 0. The first kappa shape index (κ1) is 14.8. The van der Waals surface area contributed by atoms with Crippen molar-refractivity contribution in [3.8, 4) is 0 Å². The first-order valence-corrected chi connectivity index (χ1v) is 5.59. The van der Waals surface area contributed by atoms with E-state index < -0.39 is 6.10 Å². The number of hydrogen-bond donors (Lipinski definition) is 2. The minimum Gasteiger partial charge on any atom is -0.389 e. The zero-order valence-corrected chi connectivity index (χ0v) is 10.3. The van der Waals surface area contributed by atoms with Gasteiger partial charge in [-0.05, 0) is 12.8 Å². The van der Waals surface area contributed by atoms with E-state index in [1.54, 1.807) is 7.11 Å². The van der Waals surface area contributed by atoms with E-state index in [4.69, 9.17) is 9.47 Å². The van der Waals surface area contributed by atoms with Crippen LogP contribution >= 0.6 is 0 Å². The summed E-state index contributed by atoms with van der Waals surface area (Å²) in [5.74, 6) is 0.490. The maximum atomic E-state index is 9.55. The van der Waals surface area contributed by atoms with Crippen molar-refractivity contribution in [1.29, 1.82) is 0 Å². The summed E-state index contributed by atoms with van der Waals surface area (Å²) in [6.45, 7) is 8.43. The molecule has 0 rings (SSSR count). The van der Waals surface area contributed by atoms with Gasteiger partial charge < -0.3 is 19.9 Å². The van der Waals surface area contributed by atoms with Crippen LogP contribution in [0.1, 0.15) is 20.8 Å². The first-order valence-electron chi connectivity index (χ1n) is 5.59. The summed E-state index contributed by atoms with van der Waals surface area (Å²) in [5.41, 5.74) is 0. The van der Waals surface area contributed by atoms with Crippen LogP contribution in [0.5, 0.6) is 0 Å². The predicted octanol–water partition coefficient (Wildman–Crippen LogP) is 0.644. The third-order valence-corrected chi connectivity index (χ3v) is 2.28. The Balaban J connectivity index is 3.68. The van der Waals surface area contributed by atoms with Gasteiger partial charge in [-0.15, -0.1) is 0 Å². The Morgan fingerprint density at radius 2 is 1.93 bits per heavy atom. The molecule has 0 bridgehead atoms. The second-order valence-electron chi connectivity index (χ2n) is 4.03. The van der Waals surface area contributed by atoms with Gasteiger partial charge in [-0.25, -0.2) is 0 Å². The fraction of sp³-hybridized carbons (Fsp3) is 1.00. The molecule has 0 aromatic heterocycles. The molecule has 15 heavy (non-hydrogen) atoms. The standard InChI is InChI=1S/C11H25NO3/c1-5-15-7-10(13)6-12-11(8-14-4)9(2)3/h9-13H,5-8H2,1-4H3. The number of nitrogens with one attached hydrogen (secondary N) is 1. The molecule has 0 fully saturated rings. The van der Waals surface area contributed by atoms with E-state index >= 15 is 0 Å². The third kappa shape index (κ3) is 7.73. The summed E-state index contributed by atoms with van der Waals surface area (Å²) in [6, 6.07) is 0.284. The van der Waals surface area contributed by atoms with Gasteiger partial charge in [0.05, 0.1) is 19.3 Å². The van der Waals surface area contributed by atoms with Crippen LogP contribution in [0.2, 0.25) is 0 Å². The zero-order chi connectivity index (χ0) is 11.7. The number of hydrogen-bond acceptors (Lipinski definition) is 4. The lowest BCUT2D eigenvalue weighted by Gasteiger charge is -2.23. The number of aliphatic hydroxyl groups is 1. The average molecular weight is 219 g/mol. The van der Waals surface area contributed by atoms with Gasteiger partial charge in [-0.3, -0.25) is 0 Å². The van der Waals surface area contributed by atoms with Gasteiger partial charge in [0.15, 0.2) is 0 Å². The molecule has 0 spiro atoms. The Kier molecular flexibility index (Phi) is 9.00. The molecule has 0 aliphatic carbocycles. The van der Waals surface area contributed by atoms with Crippen LogP contribution in [-0.4, -0.2) is 50.7 Å². The smallest absolute Gasteiger partial charge is 0.0897 e. The number of ether oxygens (including phenoxy) is 2. The van der Waals surface area contributed by atoms with Crippen LogP contribution < -0.4 is 5.32 Å². The minimum absolute atomic E-state index is 0.284. The molecule has 0 amide bonds. The highest BCUT2D eigenvalue weighted by molar-refractivity contribution is 4.71. The molecular formula is C11H25NO3. The van der Waals surface area contributed by atoms with Gasteiger partial charge in [-0.1, -0.05) is 13.8 Å². The van der Waals surface area contributed by atoms with Crippen LogP contribution in [-0.2, 0) is 9.47 Å². The summed E-state index contributed by atoms with van der Waals surface area (Å²) >= 11 is 0. The second-order valence-corrected chi connectivity index (χ2v) is 4.03. The number of aliphatic hydroxyl groups excluding tert-OH is 1. The largest absolute Gasteiger partial charge is 0.389 e. The average Bonchev–Trinajstić information content (AvgIpc) is 2.20. The third-order valence-electron chi connectivity index (χ3n) is 2.28. The lowest BCUT2D eigenvalue weighted by Crippen LogP contribution is -2.42. The van der Waals surface area contributed by atoms with E-state index in [0.717, 1.165) is 0 Å². The summed E-state index contributed by atoms with van der Waals surface area (Å²) in [6.07, 6.45) is -0.442. The minimum atomic E-state index is -0.442. The molecule has 92 valence electrons. The summed E-state index contributed by atoms with van der Waals surface area (Å²) < 4.78 is 10.2. The Morgan fingerprint density at radius 1 is 1.27 bits per heavy atom. The van der Waals surface area contributed by atoms with Gasteiger partial charge in [-0.2, -0.15) is 0 Å². The molecule has 2 unspecified atom stereocenters. The Morgan fingerprint density at radius 3 is 2.40 bits per heavy atom. The van der Waals surface area contributed by atoms with Crippen molar-refractivity contribution in [2.45, 2.75) is 32.9 Å². The molecule has 0 saturated carbocycles. The highest BCUT2D eigenvalue weighted by Crippen LogP contribution is 2.01. The highest BCUT2D eigenvalue weighted by atomic mass is 16.5. The number of methoxy groups -OCH3 is 1. The van der Waals surface area contributed by atoms with Crippen molar-refractivity contribution in [2.75, 3.05) is 33.5 Å². The molecule has 0 saturated heterocycles. The van der Waals surface area contributed by atoms with Gasteiger partial charge in [0.1, 0.15) is 0 Å². The van der Waals surface area contributed by atoms with Crippen molar-refractivity contribution in [2.24, 2.45) is 5.92 Å². The van der Waals surface area contributed by atoms with E-state index in [-0.39, 0.29) is 6.04 Å². The zero-order valence-electron chi connectivity index (χ0n) is 10.3. The lowest BCUT2D eigenvalue weighted by atomic mass is 10.1. The molecule has 0 aromatic rings. The maximum absolute atomic E-state index is 9.55. The van der Waals surface area contributed by atoms with Crippen molar-refractivity contribution < 1.29 is 14.6 Å². The topological polar surface area (TPSA) is 50.7 Å². The van der Waals surface area contributed by atoms with Crippen LogP contribution in [0.15, 0.2) is 0 Å². The Hall–Kier alpha value is -0.160. The quantitative estimate of drug-likeness (QED) is 0.597. The highest BCUT2D eigenvalue weighted by Gasteiger charge is 2.14. The van der Waals surface area contributed by atoms with Crippen LogP contribution in [0.4, 0.5) is 0 Å². The van der Waals surface area contributed by atoms with Gasteiger partial charge in [0, 0.05) is 26.3 Å². The molecule has 2 atom stereocenters. The Labute approximate surface area is 93.0 Å². The summed E-state index contributed by atoms with van der Waals surface area (Å²) in [7, 11) is 1.69. The van der Waals surface area contributed by atoms with Crippen molar-refractivity contribution in [1.82, 2.24) is 5.32 Å². The SMILES string of the molecule is CCOCC(O)CNC(COC)C(C)C. The fourth-order valence-corrected chi connectivity index (χ4v) is 1.27. The van der Waals surface area contributed by atoms with Gasteiger partial charge in [0.25, 0.3) is 0 Å². The van der Waals surface area contributed by atoms with Crippen LogP contribution in [0, 0.1) is 5.92 Å². The maximum Gasteiger partial charge on any atom is 0.0897 e. The Bertz CT molecular complexity index is 142. The van der Waals surface area contributed by atoms with Gasteiger partial charge in [0.2, 0.25) is 0 Å². The molecule has 4 nitrogen and oxygen atoms in total. The monoisotopic (exact) mass is 219 g/mol. The predicted molar refractivity (Wildman–Crippen MR) is 61.0 cm³/mol. The van der Waals surface area contributed by atoms with Crippen LogP contribution in [0.25, 0.3) is 0 Å². The first-order chi connectivity index (χ1) is 7.11. The van der Waals surface area contributed by atoms with E-state index in [1.807, 2.05) is 6.92 Å². The molecular weight excluding hydrogens is 194 g/mol. The van der Waals surface area contributed by atoms with E-state index in [1.165, 1.54) is 0 Å². The molecule has 2 N–H and O–H groups in total. The van der Waals surface area contributed by atoms with E-state index in [2.05, 4.69) is 19.2 Å². The normalized spacial score (nSPS) is 15.6. The molecule has 0 heterocycles. The fourth-order valence-electron chi connectivity index (χ4n) is 1.27. The lowest BCUT2D eigenvalue weighted by molar-refractivity contribution is 0.0375. The molecule has 0 aliphatic heterocycles. The van der Waals surface area contributed by atoms with Gasteiger partial charge >= 0.3 is 0 Å². The molecule has 0 radical (unpaired) electrons. The molecule has 0 aliphatic rings. The van der Waals surface area contributed by atoms with Crippen molar-refractivity contribution in [3.63, 3.8) is 0 Å². The molecule has 4 heteroatoms. The van der Waals surface area contributed by atoms with Crippen LogP contribution in [0.3, 0.4) is 0 Å². The second kappa shape index (κ2) is 9.09. The summed E-state index contributed by atoms with van der Waals surface area (Å²) in [5, 5.41) is 12.8. The van der Waals surface area contributed by atoms with E-state index in [0.29, 0.717) is 32.3 Å².